The summed E-state index contributed by atoms with van der Waals surface area (Å²) in [6.07, 6.45) is 134. The van der Waals surface area contributed by atoms with Crippen molar-refractivity contribution in [2.24, 2.45) is 0 Å². The summed E-state index contributed by atoms with van der Waals surface area (Å²) < 4.78 is 0.712. The number of unbranched alkanes of at least 4 members (excludes halogenated alkanes) is 84. The van der Waals surface area contributed by atoms with E-state index in [4.69, 9.17) is 0 Å². The molecule has 0 fully saturated rings. The first-order valence-electron chi connectivity index (χ1n) is 46.9. The predicted molar refractivity (Wildman–Crippen MR) is 441 cm³/mol. The molecule has 0 heterocycles. The van der Waals surface area contributed by atoms with Crippen LogP contribution in [0.2, 0.25) is 3.12 Å². The summed E-state index contributed by atoms with van der Waals surface area (Å²) in [5.74, 6) is 0. The minimum atomic E-state index is 0.712. The van der Waals surface area contributed by atoms with E-state index in [1.165, 1.54) is 559 Å². The van der Waals surface area contributed by atoms with Crippen LogP contribution in [0, 0.1) is 0 Å². The Balaban J connectivity index is 4.09. The van der Waals surface area contributed by atoms with E-state index in [2.05, 4.69) is 20.8 Å². The summed E-state index contributed by atoms with van der Waals surface area (Å²) in [4.78, 5) is 0. The Morgan fingerprint density at radius 3 is 0.242 bits per heavy atom. The molecule has 0 aromatic carbocycles. The molecule has 95 heavy (non-hydrogen) atoms. The van der Waals surface area contributed by atoms with Gasteiger partial charge >= 0.3 is 240 Å². The van der Waals surface area contributed by atoms with E-state index in [1.54, 1.807) is 44.0 Å². The fourth-order valence-electron chi connectivity index (χ4n) is 16.3. The van der Waals surface area contributed by atoms with Gasteiger partial charge in [0.1, 0.15) is 0 Å². The fraction of sp³-hybridized carbons (Fsp3) is 1.00. The summed E-state index contributed by atoms with van der Waals surface area (Å²) >= 11 is 1.69. The van der Waals surface area contributed by atoms with Crippen LogP contribution in [0.4, 0.5) is 0 Å². The van der Waals surface area contributed by atoms with Gasteiger partial charge < -0.3 is 0 Å². The minimum Gasteiger partial charge on any atom is -0.0654 e. The second kappa shape index (κ2) is 89.1. The Morgan fingerprint density at radius 2 is 0.168 bits per heavy atom. The van der Waals surface area contributed by atoms with Gasteiger partial charge in [-0.2, -0.15) is 0 Å². The molecule has 0 unspecified atom stereocenters. The van der Waals surface area contributed by atoms with Crippen LogP contribution in [0.5, 0.6) is 0 Å². The third-order valence-electron chi connectivity index (χ3n) is 23.2. The number of hydrogen-bond acceptors (Lipinski definition) is 0. The number of hydrogen-bond donors (Lipinski definition) is 0. The van der Waals surface area contributed by atoms with Gasteiger partial charge in [0, 0.05) is 0 Å². The van der Waals surface area contributed by atoms with Gasteiger partial charge in [0.2, 0.25) is 0 Å². The van der Waals surface area contributed by atoms with Crippen LogP contribution in [0.15, 0.2) is 0 Å². The summed E-state index contributed by atoms with van der Waals surface area (Å²) in [6, 6.07) is 0. The van der Waals surface area contributed by atoms with Crippen LogP contribution < -0.4 is 0 Å². The van der Waals surface area contributed by atoms with Gasteiger partial charge in [-0.1, -0.05) is 387 Å². The molecule has 0 aliphatic rings. The second-order valence-corrected chi connectivity index (χ2v) is 36.9. The average molecular weight is 1530 g/mol. The molecule has 0 rings (SSSR count). The van der Waals surface area contributed by atoms with Gasteiger partial charge in [0.05, 0.1) is 0 Å². The van der Waals surface area contributed by atoms with E-state index in [9.17, 15) is 0 Å². The first kappa shape index (κ1) is 95.9. The van der Waals surface area contributed by atoms with Crippen LogP contribution in [-0.2, 0) is 0 Å². The Kier molecular flexibility index (Phi) is 89.9. The quantitative estimate of drug-likeness (QED) is 0.0421. The van der Waals surface area contributed by atoms with Crippen molar-refractivity contribution in [2.75, 3.05) is 0 Å². The predicted octanol–water partition coefficient (Wildman–Crippen LogP) is 36.5. The molecule has 0 aromatic rings. The molecule has 570 valence electrons. The maximum absolute atomic E-state index is 2.32. The summed E-state index contributed by atoms with van der Waals surface area (Å²) in [6.45, 7) is 6.97. The molecule has 0 aromatic heterocycles. The normalized spacial score (nSPS) is 12.0. The first-order chi connectivity index (χ1) is 47.2. The zero-order valence-corrected chi connectivity index (χ0v) is 71.1. The Bertz CT molecular complexity index is 1120. The van der Waals surface area contributed by atoms with E-state index in [0.29, 0.717) is 3.12 Å². The fourth-order valence-corrected chi connectivity index (χ4v) is 18.1. The topological polar surface area (TPSA) is 0 Å². The van der Waals surface area contributed by atoms with Crippen molar-refractivity contribution in [1.29, 1.82) is 0 Å². The van der Waals surface area contributed by atoms with Crippen LogP contribution >= 0.6 is 0 Å². The van der Waals surface area contributed by atoms with Crippen molar-refractivity contribution >= 4 is 24.7 Å². The van der Waals surface area contributed by atoms with Crippen molar-refractivity contribution in [3.05, 3.63) is 0 Å². The average Bonchev–Trinajstić information content (AvgIpc) is 3.74. The third kappa shape index (κ3) is 87.2. The smallest absolute Gasteiger partial charge is 0.0654 e. The van der Waals surface area contributed by atoms with E-state index in [1.807, 2.05) is 0 Å². The minimum absolute atomic E-state index is 0.712. The molecule has 0 saturated heterocycles. The zero-order chi connectivity index (χ0) is 68.1. The van der Waals surface area contributed by atoms with Crippen LogP contribution in [0.3, 0.4) is 0 Å². The molecule has 2 radical (unpaired) electrons. The zero-order valence-electron chi connectivity index (χ0n) is 67.6. The Labute approximate surface area is 622 Å². The van der Waals surface area contributed by atoms with Crippen LogP contribution in [0.1, 0.15) is 599 Å². The molecule has 0 aliphatic carbocycles. The molecule has 0 saturated carbocycles. The maximum atomic E-state index is 2.32. The molecule has 0 nitrogen and oxygen atoms in total. The summed E-state index contributed by atoms with van der Waals surface area (Å²) in [5.41, 5.74) is 0. The molecule has 0 spiro atoms. The monoisotopic (exact) mass is 1530 g/mol. The third-order valence-corrected chi connectivity index (χ3v) is 25.8. The van der Waals surface area contributed by atoms with Gasteiger partial charge in [-0.25, -0.2) is 0 Å². The molecule has 0 atom stereocenters. The van der Waals surface area contributed by atoms with E-state index < -0.39 is 0 Å². The van der Waals surface area contributed by atoms with Gasteiger partial charge in [-0.05, 0) is 0 Å². The molecule has 0 amide bonds. The van der Waals surface area contributed by atoms with Crippen molar-refractivity contribution in [1.82, 2.24) is 0 Å². The SMILES string of the molecule is CCCCCCCCCCCCCCCCCCCCCCCCCCCCCCC[C]([Bi])(CCCCCCCCCCCCCCCCCCCCCCCCCCCCCCC)CCCCCCCCCCCCCCCCCCCCCCCCCCCCCCC. The first-order valence-corrected chi connectivity index (χ1v) is 48.6. The van der Waals surface area contributed by atoms with Crippen molar-refractivity contribution in [3.8, 4) is 0 Å². The molecular formula is C94H189Bi. The van der Waals surface area contributed by atoms with E-state index in [-0.39, 0.29) is 0 Å². The molecular weight excluding hydrogens is 1340 g/mol. The van der Waals surface area contributed by atoms with E-state index in [0.717, 1.165) is 0 Å². The molecule has 0 aliphatic heterocycles. The van der Waals surface area contributed by atoms with Crippen molar-refractivity contribution < 1.29 is 0 Å². The Hall–Kier alpha value is 0.883. The van der Waals surface area contributed by atoms with Gasteiger partial charge in [0.15, 0.2) is 0 Å². The van der Waals surface area contributed by atoms with Crippen LogP contribution in [0.25, 0.3) is 0 Å². The molecule has 0 N–H and O–H groups in total. The van der Waals surface area contributed by atoms with Gasteiger partial charge in [-0.15, -0.1) is 0 Å². The molecule has 0 bridgehead atoms. The number of rotatable bonds is 90. The van der Waals surface area contributed by atoms with Crippen LogP contribution in [-0.4, -0.2) is 24.7 Å². The standard InChI is InChI=1S/C94H189.Bi/c1-4-7-10-13-16-19-22-25-28-31-34-37-40-43-46-49-52-55-58-61-64-67-70-73-76-79-82-85-88-91-94(92-89-86-83-80-77-74-71-68-65-62-59-56-53-50-47-44-41-38-35-32-29-26-23-20-17-14-11-8-5-2)93-90-87-84-81-78-75-72-69-66-63-60-57-54-51-48-45-42-39-36-33-30-27-24-21-18-15-12-9-6-3;/h4-93H2,1-3H3;. The second-order valence-electron chi connectivity index (χ2n) is 33.2. The van der Waals surface area contributed by atoms with Gasteiger partial charge in [-0.3, -0.25) is 0 Å². The van der Waals surface area contributed by atoms with Gasteiger partial charge in [0.25, 0.3) is 0 Å². The van der Waals surface area contributed by atoms with Crippen molar-refractivity contribution in [2.45, 2.75) is 602 Å². The Morgan fingerprint density at radius 1 is 0.105 bits per heavy atom. The summed E-state index contributed by atoms with van der Waals surface area (Å²) in [5, 5.41) is 0. The molecule has 1 heteroatoms. The van der Waals surface area contributed by atoms with Crippen molar-refractivity contribution in [3.63, 3.8) is 0 Å². The summed E-state index contributed by atoms with van der Waals surface area (Å²) in [7, 11) is 0. The van der Waals surface area contributed by atoms with E-state index >= 15 is 0 Å².